The highest BCUT2D eigenvalue weighted by molar-refractivity contribution is 5.94. The molecule has 0 unspecified atom stereocenters. The molecule has 0 aliphatic carbocycles. The second-order valence-corrected chi connectivity index (χ2v) is 7.93. The van der Waals surface area contributed by atoms with E-state index in [0.717, 1.165) is 17.7 Å². The molecule has 3 heteroatoms. The van der Waals surface area contributed by atoms with Gasteiger partial charge in [0.2, 0.25) is 0 Å². The number of nitrogens with zero attached hydrogens (tertiary/aromatic N) is 1. The Morgan fingerprint density at radius 2 is 1.63 bits per heavy atom. The molecule has 3 rings (SSSR count). The molecule has 2 aromatic carbocycles. The van der Waals surface area contributed by atoms with Crippen LogP contribution in [0.3, 0.4) is 0 Å². The number of amides is 1. The number of likely N-dealkylation sites (tertiary alicyclic amines) is 1. The summed E-state index contributed by atoms with van der Waals surface area (Å²) in [7, 11) is 0. The summed E-state index contributed by atoms with van der Waals surface area (Å²) in [4.78, 5) is 15.1. The molecule has 1 aliphatic heterocycles. The summed E-state index contributed by atoms with van der Waals surface area (Å²) in [6.07, 6.45) is 5.32. The van der Waals surface area contributed by atoms with Crippen molar-refractivity contribution in [3.63, 3.8) is 0 Å². The molecule has 144 valence electrons. The van der Waals surface area contributed by atoms with E-state index in [1.54, 1.807) is 0 Å². The zero-order valence-corrected chi connectivity index (χ0v) is 16.9. The van der Waals surface area contributed by atoms with Gasteiger partial charge in [0.05, 0.1) is 6.04 Å². The van der Waals surface area contributed by atoms with Gasteiger partial charge in [0.25, 0.3) is 5.91 Å². The third-order valence-electron chi connectivity index (χ3n) is 5.70. The Bertz CT molecular complexity index is 758. The van der Waals surface area contributed by atoms with E-state index in [2.05, 4.69) is 54.4 Å². The van der Waals surface area contributed by atoms with E-state index in [1.165, 1.54) is 55.5 Å². The van der Waals surface area contributed by atoms with Crippen molar-refractivity contribution in [2.45, 2.75) is 59.0 Å². The average Bonchev–Trinajstić information content (AvgIpc) is 2.93. The van der Waals surface area contributed by atoms with E-state index in [9.17, 15) is 4.79 Å². The van der Waals surface area contributed by atoms with Crippen LogP contribution in [0.5, 0.6) is 0 Å². The first-order valence-electron chi connectivity index (χ1n) is 10.2. The Balaban J connectivity index is 1.58. The highest BCUT2D eigenvalue weighted by Gasteiger charge is 2.13. The van der Waals surface area contributed by atoms with Crippen LogP contribution >= 0.6 is 0 Å². The van der Waals surface area contributed by atoms with Crippen LogP contribution in [-0.2, 0) is 6.54 Å². The molecule has 0 spiro atoms. The molecule has 0 bridgehead atoms. The Morgan fingerprint density at radius 1 is 0.963 bits per heavy atom. The first-order valence-corrected chi connectivity index (χ1v) is 10.2. The molecule has 1 saturated heterocycles. The van der Waals surface area contributed by atoms with E-state index < -0.39 is 0 Å². The first kappa shape index (κ1) is 19.6. The summed E-state index contributed by atoms with van der Waals surface area (Å²) in [6.45, 7) is 9.62. The number of aryl methyl sites for hydroxylation is 2. The van der Waals surface area contributed by atoms with Gasteiger partial charge in [-0.15, -0.1) is 0 Å². The van der Waals surface area contributed by atoms with Crippen molar-refractivity contribution in [2.75, 3.05) is 13.1 Å². The highest BCUT2D eigenvalue weighted by Crippen LogP contribution is 2.18. The molecule has 0 aromatic heterocycles. The summed E-state index contributed by atoms with van der Waals surface area (Å²) in [5.74, 6) is -0.0120. The van der Waals surface area contributed by atoms with Gasteiger partial charge in [-0.1, -0.05) is 43.2 Å². The molecule has 1 fully saturated rings. The monoisotopic (exact) mass is 364 g/mol. The lowest BCUT2D eigenvalue weighted by Crippen LogP contribution is -2.27. The molecule has 0 saturated carbocycles. The number of rotatable bonds is 5. The third kappa shape index (κ3) is 5.43. The lowest BCUT2D eigenvalue weighted by atomic mass is 10.0. The minimum Gasteiger partial charge on any atom is -0.346 e. The van der Waals surface area contributed by atoms with Crippen LogP contribution in [0, 0.1) is 13.8 Å². The van der Waals surface area contributed by atoms with Crippen LogP contribution in [0.25, 0.3) is 0 Å². The number of carbonyl (C=O) groups excluding carboxylic acids is 1. The Morgan fingerprint density at radius 3 is 2.26 bits per heavy atom. The van der Waals surface area contributed by atoms with Gasteiger partial charge in [0.15, 0.2) is 0 Å². The van der Waals surface area contributed by atoms with Gasteiger partial charge < -0.3 is 5.32 Å². The second kappa shape index (κ2) is 9.18. The molecular weight excluding hydrogens is 332 g/mol. The third-order valence-corrected chi connectivity index (χ3v) is 5.70. The van der Waals surface area contributed by atoms with Crippen molar-refractivity contribution in [1.29, 1.82) is 0 Å². The Labute approximate surface area is 163 Å². The normalized spacial score (nSPS) is 16.6. The van der Waals surface area contributed by atoms with Crippen LogP contribution in [0.15, 0.2) is 42.5 Å². The number of carbonyl (C=O) groups is 1. The number of hydrogen-bond donors (Lipinski definition) is 1. The molecule has 0 radical (unpaired) electrons. The van der Waals surface area contributed by atoms with Crippen molar-refractivity contribution in [1.82, 2.24) is 10.2 Å². The fourth-order valence-electron chi connectivity index (χ4n) is 3.71. The summed E-state index contributed by atoms with van der Waals surface area (Å²) in [5.41, 5.74) is 5.69. The van der Waals surface area contributed by atoms with Crippen molar-refractivity contribution in [3.05, 3.63) is 70.3 Å². The van der Waals surface area contributed by atoms with E-state index in [-0.39, 0.29) is 11.9 Å². The predicted octanol–water partition coefficient (Wildman–Crippen LogP) is 5.17. The zero-order valence-electron chi connectivity index (χ0n) is 16.9. The van der Waals surface area contributed by atoms with Crippen LogP contribution in [0.4, 0.5) is 0 Å². The smallest absolute Gasteiger partial charge is 0.251 e. The lowest BCUT2D eigenvalue weighted by molar-refractivity contribution is 0.0940. The molecule has 1 atom stereocenters. The van der Waals surface area contributed by atoms with Crippen molar-refractivity contribution < 1.29 is 4.79 Å². The van der Waals surface area contributed by atoms with Crippen LogP contribution < -0.4 is 5.32 Å². The van der Waals surface area contributed by atoms with Crippen molar-refractivity contribution in [2.24, 2.45) is 0 Å². The fraction of sp³-hybridized carbons (Fsp3) is 0.458. The first-order chi connectivity index (χ1) is 13.0. The van der Waals surface area contributed by atoms with Crippen LogP contribution in [-0.4, -0.2) is 23.9 Å². The Hall–Kier alpha value is -2.13. The summed E-state index contributed by atoms with van der Waals surface area (Å²) in [6, 6.07) is 14.5. The van der Waals surface area contributed by atoms with E-state index >= 15 is 0 Å². The summed E-state index contributed by atoms with van der Waals surface area (Å²) < 4.78 is 0. The predicted molar refractivity (Wildman–Crippen MR) is 112 cm³/mol. The molecular formula is C24H32N2O. The highest BCUT2D eigenvalue weighted by atomic mass is 16.1. The van der Waals surface area contributed by atoms with Crippen molar-refractivity contribution >= 4 is 5.91 Å². The molecule has 1 aliphatic rings. The molecule has 3 nitrogen and oxygen atoms in total. The number of hydrogen-bond acceptors (Lipinski definition) is 2. The van der Waals surface area contributed by atoms with Gasteiger partial charge in [-0.3, -0.25) is 9.69 Å². The molecule has 1 amide bonds. The second-order valence-electron chi connectivity index (χ2n) is 7.93. The minimum atomic E-state index is -0.0120. The van der Waals surface area contributed by atoms with Crippen molar-refractivity contribution in [3.8, 4) is 0 Å². The Kier molecular flexibility index (Phi) is 6.68. The molecule has 27 heavy (non-hydrogen) atoms. The van der Waals surface area contributed by atoms with Gasteiger partial charge in [0.1, 0.15) is 0 Å². The molecule has 1 heterocycles. The summed E-state index contributed by atoms with van der Waals surface area (Å²) in [5, 5.41) is 3.12. The minimum absolute atomic E-state index is 0.00595. The van der Waals surface area contributed by atoms with Gasteiger partial charge in [-0.2, -0.15) is 0 Å². The maximum Gasteiger partial charge on any atom is 0.251 e. The molecule has 2 aromatic rings. The van der Waals surface area contributed by atoms with Gasteiger partial charge in [-0.05, 0) is 81.1 Å². The van der Waals surface area contributed by atoms with E-state index in [0.29, 0.717) is 0 Å². The molecule has 1 N–H and O–H groups in total. The van der Waals surface area contributed by atoms with Gasteiger partial charge in [-0.25, -0.2) is 0 Å². The largest absolute Gasteiger partial charge is 0.346 e. The topological polar surface area (TPSA) is 32.3 Å². The maximum atomic E-state index is 12.6. The standard InChI is InChI=1S/C24H32N2O/c1-18-8-11-23(16-19(18)2)20(3)25-24(27)22-12-9-21(10-13-22)17-26-14-6-4-5-7-15-26/h8-13,16,20H,4-7,14-15,17H2,1-3H3,(H,25,27)/t20-/m1/s1. The van der Waals surface area contributed by atoms with Crippen LogP contribution in [0.1, 0.15) is 71.3 Å². The average molecular weight is 365 g/mol. The zero-order chi connectivity index (χ0) is 19.2. The number of nitrogens with one attached hydrogen (secondary N) is 1. The van der Waals surface area contributed by atoms with Gasteiger partial charge in [0, 0.05) is 12.1 Å². The SMILES string of the molecule is Cc1ccc([C@@H](C)NC(=O)c2ccc(CN3CCCCCC3)cc2)cc1C. The van der Waals surface area contributed by atoms with Crippen LogP contribution in [0.2, 0.25) is 0 Å². The quantitative estimate of drug-likeness (QED) is 0.794. The maximum absolute atomic E-state index is 12.6. The summed E-state index contributed by atoms with van der Waals surface area (Å²) >= 11 is 0. The fourth-order valence-corrected chi connectivity index (χ4v) is 3.71. The lowest BCUT2D eigenvalue weighted by Gasteiger charge is -2.20. The van der Waals surface area contributed by atoms with E-state index in [4.69, 9.17) is 0 Å². The van der Waals surface area contributed by atoms with Gasteiger partial charge >= 0.3 is 0 Å². The van der Waals surface area contributed by atoms with E-state index in [1.807, 2.05) is 19.1 Å². The number of benzene rings is 2.